The molecule has 0 atom stereocenters. The van der Waals surface area contributed by atoms with Crippen LogP contribution in [0.25, 0.3) is 0 Å². The van der Waals surface area contributed by atoms with Crippen LogP contribution in [0.3, 0.4) is 0 Å². The van der Waals surface area contributed by atoms with Gasteiger partial charge in [0.25, 0.3) is 0 Å². The van der Waals surface area contributed by atoms with Crippen molar-refractivity contribution in [2.45, 2.75) is 58.3 Å². The molecule has 4 rings (SSSR count). The molecule has 2 aromatic carbocycles. The van der Waals surface area contributed by atoms with Gasteiger partial charge in [0.15, 0.2) is 0 Å². The second kappa shape index (κ2) is 9.50. The molecule has 1 aliphatic heterocycles. The van der Waals surface area contributed by atoms with E-state index in [0.29, 0.717) is 42.2 Å². The lowest BCUT2D eigenvalue weighted by Crippen LogP contribution is -2.41. The largest absolute Gasteiger partial charge is 0.326 e. The third-order valence-corrected chi connectivity index (χ3v) is 8.94. The van der Waals surface area contributed by atoms with Crippen molar-refractivity contribution in [1.29, 1.82) is 0 Å². The van der Waals surface area contributed by atoms with E-state index >= 15 is 0 Å². The summed E-state index contributed by atoms with van der Waals surface area (Å²) in [5.74, 6) is -0.258. The second-order valence-corrected chi connectivity index (χ2v) is 11.6. The van der Waals surface area contributed by atoms with Crippen LogP contribution in [0.4, 0.5) is 11.4 Å². The topological polar surface area (TPSA) is 95.6 Å². The van der Waals surface area contributed by atoms with Gasteiger partial charge in [0.05, 0.1) is 4.90 Å². The van der Waals surface area contributed by atoms with E-state index in [-0.39, 0.29) is 23.7 Å². The number of carbonyl (C=O) groups excluding carboxylic acids is 2. The quantitative estimate of drug-likeness (QED) is 0.640. The third kappa shape index (κ3) is 5.18. The molecule has 8 heteroatoms. The predicted molar refractivity (Wildman–Crippen MR) is 133 cm³/mol. The summed E-state index contributed by atoms with van der Waals surface area (Å²) in [6.45, 7) is 8.14. The fourth-order valence-corrected chi connectivity index (χ4v) is 6.60. The molecule has 0 radical (unpaired) electrons. The summed E-state index contributed by atoms with van der Waals surface area (Å²) in [6.07, 6.45) is 2.79. The molecule has 34 heavy (non-hydrogen) atoms. The number of hydrogen-bond donors (Lipinski definition) is 2. The number of piperidine rings is 1. The van der Waals surface area contributed by atoms with Gasteiger partial charge in [-0.05, 0) is 82.2 Å². The Morgan fingerprint density at radius 2 is 1.35 bits per heavy atom. The summed E-state index contributed by atoms with van der Waals surface area (Å²) in [5, 5.41) is 5.90. The molecule has 0 aromatic heterocycles. The van der Waals surface area contributed by atoms with E-state index in [1.807, 2.05) is 52.0 Å². The van der Waals surface area contributed by atoms with Gasteiger partial charge in [-0.1, -0.05) is 23.8 Å². The second-order valence-electron chi connectivity index (χ2n) is 9.69. The van der Waals surface area contributed by atoms with Crippen LogP contribution in [0.5, 0.6) is 0 Å². The minimum Gasteiger partial charge on any atom is -0.326 e. The molecular formula is C26H33N3O4S. The third-order valence-electron chi connectivity index (χ3n) is 6.74. The van der Waals surface area contributed by atoms with Gasteiger partial charge in [-0.3, -0.25) is 9.59 Å². The average Bonchev–Trinajstić information content (AvgIpc) is 3.61. The van der Waals surface area contributed by atoms with Crippen molar-refractivity contribution in [1.82, 2.24) is 4.31 Å². The highest BCUT2D eigenvalue weighted by Gasteiger charge is 2.34. The summed E-state index contributed by atoms with van der Waals surface area (Å²) >= 11 is 0. The highest BCUT2D eigenvalue weighted by Crippen LogP contribution is 2.32. The Balaban J connectivity index is 1.40. The van der Waals surface area contributed by atoms with Crippen molar-refractivity contribution < 1.29 is 18.0 Å². The van der Waals surface area contributed by atoms with E-state index in [1.54, 1.807) is 6.07 Å². The number of sulfonamides is 1. The zero-order chi connectivity index (χ0) is 24.6. The zero-order valence-corrected chi connectivity index (χ0v) is 21.1. The Kier molecular flexibility index (Phi) is 6.82. The molecular weight excluding hydrogens is 450 g/mol. The molecule has 2 N–H and O–H groups in total. The Labute approximate surface area is 202 Å². The average molecular weight is 484 g/mol. The highest BCUT2D eigenvalue weighted by molar-refractivity contribution is 7.89. The number of benzene rings is 2. The molecule has 2 aliphatic rings. The molecule has 7 nitrogen and oxygen atoms in total. The van der Waals surface area contributed by atoms with E-state index in [9.17, 15) is 18.0 Å². The van der Waals surface area contributed by atoms with Gasteiger partial charge in [-0.25, -0.2) is 8.42 Å². The fourth-order valence-electron chi connectivity index (χ4n) is 4.72. The number of aryl methyl sites for hydroxylation is 4. The standard InChI is InChI=1S/C26H33N3O4S/c1-16-13-18(3)24(19(4)14-16)34(32,33)29-11-9-21(10-12-29)26(31)28-23-15-22(8-5-17(23)2)27-25(30)20-6-7-20/h5,8,13-15,20-21H,6-7,9-12H2,1-4H3,(H,27,30)(H,28,31). The van der Waals surface area contributed by atoms with Gasteiger partial charge < -0.3 is 10.6 Å². The van der Waals surface area contributed by atoms with E-state index in [4.69, 9.17) is 0 Å². The Morgan fingerprint density at radius 3 is 1.94 bits per heavy atom. The SMILES string of the molecule is Cc1cc(C)c(S(=O)(=O)N2CCC(C(=O)Nc3cc(NC(=O)C4CC4)ccc3C)CC2)c(C)c1. The number of carbonyl (C=O) groups is 2. The first-order valence-electron chi connectivity index (χ1n) is 11.9. The Bertz CT molecular complexity index is 1200. The first kappa shape index (κ1) is 24.4. The number of nitrogens with one attached hydrogen (secondary N) is 2. The lowest BCUT2D eigenvalue weighted by molar-refractivity contribution is -0.121. The number of nitrogens with zero attached hydrogens (tertiary/aromatic N) is 1. The monoisotopic (exact) mass is 483 g/mol. The maximum atomic E-state index is 13.3. The molecule has 1 saturated carbocycles. The minimum atomic E-state index is -3.61. The molecule has 1 heterocycles. The van der Waals surface area contributed by atoms with Crippen molar-refractivity contribution in [3.05, 3.63) is 52.6 Å². The number of amides is 2. The predicted octanol–water partition coefficient (Wildman–Crippen LogP) is 4.31. The van der Waals surface area contributed by atoms with Crippen molar-refractivity contribution in [2.24, 2.45) is 11.8 Å². The summed E-state index contributed by atoms with van der Waals surface area (Å²) in [4.78, 5) is 25.4. The highest BCUT2D eigenvalue weighted by atomic mass is 32.2. The Hall–Kier alpha value is -2.71. The molecule has 1 aliphatic carbocycles. The number of rotatable bonds is 6. The minimum absolute atomic E-state index is 0.0220. The van der Waals surface area contributed by atoms with Crippen molar-refractivity contribution in [3.63, 3.8) is 0 Å². The molecule has 0 bridgehead atoms. The van der Waals surface area contributed by atoms with Gasteiger partial charge in [0.2, 0.25) is 21.8 Å². The van der Waals surface area contributed by atoms with Gasteiger partial charge in [-0.15, -0.1) is 0 Å². The smallest absolute Gasteiger partial charge is 0.243 e. The van der Waals surface area contributed by atoms with Crippen molar-refractivity contribution in [3.8, 4) is 0 Å². The molecule has 2 amide bonds. The maximum Gasteiger partial charge on any atom is 0.243 e. The van der Waals surface area contributed by atoms with E-state index < -0.39 is 10.0 Å². The lowest BCUT2D eigenvalue weighted by Gasteiger charge is -2.31. The van der Waals surface area contributed by atoms with Crippen molar-refractivity contribution >= 4 is 33.2 Å². The molecule has 0 spiro atoms. The van der Waals surface area contributed by atoms with E-state index in [0.717, 1.165) is 35.1 Å². The molecule has 0 unspecified atom stereocenters. The molecule has 182 valence electrons. The summed E-state index contributed by atoms with van der Waals surface area (Å²) in [5.41, 5.74) is 4.78. The van der Waals surface area contributed by atoms with Crippen molar-refractivity contribution in [2.75, 3.05) is 23.7 Å². The van der Waals surface area contributed by atoms with Crippen LogP contribution in [-0.2, 0) is 19.6 Å². The number of anilines is 2. The summed E-state index contributed by atoms with van der Waals surface area (Å²) < 4.78 is 28.1. The number of hydrogen-bond acceptors (Lipinski definition) is 4. The first-order chi connectivity index (χ1) is 16.1. The van der Waals surface area contributed by atoms with Gasteiger partial charge in [0, 0.05) is 36.3 Å². The van der Waals surface area contributed by atoms with Crippen LogP contribution in [-0.4, -0.2) is 37.6 Å². The normalized spacial score (nSPS) is 17.4. The fraction of sp³-hybridized carbons (Fsp3) is 0.462. The van der Waals surface area contributed by atoms with Crippen LogP contribution in [0.1, 0.15) is 47.9 Å². The van der Waals surface area contributed by atoms with Crippen LogP contribution in [0.2, 0.25) is 0 Å². The van der Waals surface area contributed by atoms with Crippen LogP contribution in [0, 0.1) is 39.5 Å². The molecule has 1 saturated heterocycles. The summed E-state index contributed by atoms with van der Waals surface area (Å²) in [6, 6.07) is 9.28. The zero-order valence-electron chi connectivity index (χ0n) is 20.3. The Morgan fingerprint density at radius 1 is 0.794 bits per heavy atom. The maximum absolute atomic E-state index is 13.3. The summed E-state index contributed by atoms with van der Waals surface area (Å²) in [7, 11) is -3.61. The lowest BCUT2D eigenvalue weighted by atomic mass is 9.97. The van der Waals surface area contributed by atoms with Crippen LogP contribution in [0.15, 0.2) is 35.2 Å². The molecule has 2 aromatic rings. The van der Waals surface area contributed by atoms with Crippen LogP contribution >= 0.6 is 0 Å². The van der Waals surface area contributed by atoms with E-state index in [1.165, 1.54) is 4.31 Å². The molecule has 2 fully saturated rings. The van der Waals surface area contributed by atoms with E-state index in [2.05, 4.69) is 10.6 Å². The first-order valence-corrected chi connectivity index (χ1v) is 13.3. The van der Waals surface area contributed by atoms with Crippen LogP contribution < -0.4 is 10.6 Å². The van der Waals surface area contributed by atoms with Gasteiger partial charge in [0.1, 0.15) is 0 Å². The van der Waals surface area contributed by atoms with Gasteiger partial charge >= 0.3 is 0 Å². The van der Waals surface area contributed by atoms with Gasteiger partial charge in [-0.2, -0.15) is 4.31 Å².